The van der Waals surface area contributed by atoms with Gasteiger partial charge >= 0.3 is 5.97 Å². The quantitative estimate of drug-likeness (QED) is 0.734. The minimum Gasteiger partial charge on any atom is -0.497 e. The van der Waals surface area contributed by atoms with Crippen LogP contribution < -0.4 is 14.8 Å². The lowest BCUT2D eigenvalue weighted by molar-refractivity contribution is -0.144. The molecule has 0 fully saturated rings. The van der Waals surface area contributed by atoms with Gasteiger partial charge in [-0.1, -0.05) is 25.1 Å². The number of rotatable bonds is 6. The van der Waals surface area contributed by atoms with Crippen LogP contribution in [0.4, 0.5) is 0 Å². The average molecular weight is 407 g/mol. The van der Waals surface area contributed by atoms with Crippen molar-refractivity contribution in [2.75, 3.05) is 21.3 Å². The highest BCUT2D eigenvalue weighted by Gasteiger charge is 2.25. The summed E-state index contributed by atoms with van der Waals surface area (Å²) in [6.45, 7) is 1.93. The Morgan fingerprint density at radius 3 is 2.50 bits per heavy atom. The van der Waals surface area contributed by atoms with Crippen molar-refractivity contribution in [2.24, 2.45) is 11.8 Å². The van der Waals surface area contributed by atoms with Crippen LogP contribution >= 0.6 is 0 Å². The number of methoxy groups -OCH3 is 3. The number of carbonyl (C=O) groups is 2. The topological polar surface area (TPSA) is 73.9 Å². The largest absolute Gasteiger partial charge is 0.497 e. The fraction of sp³-hybridized carbons (Fsp3) is 0.250. The van der Waals surface area contributed by atoms with Crippen LogP contribution in [-0.2, 0) is 9.53 Å². The van der Waals surface area contributed by atoms with Crippen molar-refractivity contribution < 1.29 is 23.8 Å². The van der Waals surface area contributed by atoms with Crippen molar-refractivity contribution in [3.63, 3.8) is 0 Å². The first-order chi connectivity index (χ1) is 14.5. The number of benzene rings is 2. The van der Waals surface area contributed by atoms with Crippen LogP contribution in [0.15, 0.2) is 66.4 Å². The number of hydrogen-bond donors (Lipinski definition) is 1. The molecule has 1 amide bonds. The second-order valence-corrected chi connectivity index (χ2v) is 6.99. The van der Waals surface area contributed by atoms with E-state index in [-0.39, 0.29) is 17.8 Å². The highest BCUT2D eigenvalue weighted by molar-refractivity contribution is 5.97. The van der Waals surface area contributed by atoms with E-state index in [0.29, 0.717) is 22.8 Å². The molecule has 2 aromatic carbocycles. The number of allylic oxidation sites excluding steroid dienone is 2. The van der Waals surface area contributed by atoms with Gasteiger partial charge in [-0.05, 0) is 47.9 Å². The number of nitrogens with one attached hydrogen (secondary N) is 1. The first-order valence-corrected chi connectivity index (χ1v) is 9.58. The number of carbonyl (C=O) groups excluding carboxylic acids is 2. The molecule has 2 atom stereocenters. The third kappa shape index (κ3) is 4.54. The summed E-state index contributed by atoms with van der Waals surface area (Å²) >= 11 is 0. The lowest BCUT2D eigenvalue weighted by Crippen LogP contribution is -2.28. The maximum atomic E-state index is 12.8. The molecule has 2 unspecified atom stereocenters. The molecule has 0 saturated heterocycles. The van der Waals surface area contributed by atoms with Crippen LogP contribution in [0.5, 0.6) is 11.5 Å². The predicted molar refractivity (Wildman–Crippen MR) is 114 cm³/mol. The van der Waals surface area contributed by atoms with Gasteiger partial charge in [0, 0.05) is 22.9 Å². The molecule has 1 N–H and O–H groups in total. The summed E-state index contributed by atoms with van der Waals surface area (Å²) in [5.74, 6) is 0.328. The van der Waals surface area contributed by atoms with E-state index in [0.717, 1.165) is 11.1 Å². The van der Waals surface area contributed by atoms with Crippen LogP contribution in [-0.4, -0.2) is 33.2 Å². The monoisotopic (exact) mass is 407 g/mol. The molecule has 0 aromatic heterocycles. The first kappa shape index (κ1) is 21.2. The summed E-state index contributed by atoms with van der Waals surface area (Å²) in [7, 11) is 4.55. The molecule has 3 rings (SSSR count). The van der Waals surface area contributed by atoms with Crippen LogP contribution in [0, 0.1) is 11.8 Å². The Balaban J connectivity index is 1.84. The summed E-state index contributed by atoms with van der Waals surface area (Å²) in [5.41, 5.74) is 2.76. The van der Waals surface area contributed by atoms with Crippen molar-refractivity contribution in [2.45, 2.75) is 6.92 Å². The van der Waals surface area contributed by atoms with Gasteiger partial charge in [0.25, 0.3) is 5.91 Å². The Morgan fingerprint density at radius 2 is 1.80 bits per heavy atom. The Bertz CT molecular complexity index is 1010. The summed E-state index contributed by atoms with van der Waals surface area (Å²) in [6.07, 6.45) is 5.42. The van der Waals surface area contributed by atoms with Crippen LogP contribution in [0.3, 0.4) is 0 Å². The molecule has 0 aliphatic heterocycles. The van der Waals surface area contributed by atoms with Gasteiger partial charge in [-0.2, -0.15) is 0 Å². The van der Waals surface area contributed by atoms with Gasteiger partial charge in [0.15, 0.2) is 0 Å². The third-order valence-corrected chi connectivity index (χ3v) is 5.08. The van der Waals surface area contributed by atoms with Gasteiger partial charge in [0.05, 0.1) is 27.2 Å². The third-order valence-electron chi connectivity index (χ3n) is 5.08. The summed E-state index contributed by atoms with van der Waals surface area (Å²) < 4.78 is 15.6. The highest BCUT2D eigenvalue weighted by Crippen LogP contribution is 2.33. The van der Waals surface area contributed by atoms with E-state index in [1.807, 2.05) is 37.3 Å². The zero-order valence-electron chi connectivity index (χ0n) is 17.5. The van der Waals surface area contributed by atoms with E-state index in [2.05, 4.69) is 5.32 Å². The Labute approximate surface area is 176 Å². The minimum absolute atomic E-state index is 0.00367. The van der Waals surface area contributed by atoms with E-state index in [9.17, 15) is 9.59 Å². The summed E-state index contributed by atoms with van der Waals surface area (Å²) in [4.78, 5) is 24.8. The van der Waals surface area contributed by atoms with Crippen LogP contribution in [0.1, 0.15) is 17.3 Å². The van der Waals surface area contributed by atoms with Gasteiger partial charge < -0.3 is 19.5 Å². The molecule has 0 saturated carbocycles. The van der Waals surface area contributed by atoms with Crippen molar-refractivity contribution in [1.29, 1.82) is 0 Å². The van der Waals surface area contributed by atoms with E-state index >= 15 is 0 Å². The van der Waals surface area contributed by atoms with Gasteiger partial charge in [-0.15, -0.1) is 0 Å². The molecule has 0 spiro atoms. The maximum Gasteiger partial charge on any atom is 0.313 e. The second-order valence-electron chi connectivity index (χ2n) is 6.99. The number of esters is 1. The normalized spacial score (nSPS) is 17.7. The smallest absolute Gasteiger partial charge is 0.313 e. The molecule has 1 aliphatic rings. The fourth-order valence-corrected chi connectivity index (χ4v) is 3.35. The van der Waals surface area contributed by atoms with Crippen LogP contribution in [0.2, 0.25) is 0 Å². The maximum absolute atomic E-state index is 12.8. The second kappa shape index (κ2) is 9.31. The van der Waals surface area contributed by atoms with E-state index in [4.69, 9.17) is 14.2 Å². The number of ether oxygens (including phenoxy) is 3. The minimum atomic E-state index is -0.426. The molecule has 0 radical (unpaired) electrons. The first-order valence-electron chi connectivity index (χ1n) is 9.58. The van der Waals surface area contributed by atoms with Crippen LogP contribution in [0.25, 0.3) is 11.1 Å². The molecule has 0 heterocycles. The average Bonchev–Trinajstić information content (AvgIpc) is 2.79. The molecular weight excluding hydrogens is 382 g/mol. The molecule has 1 aliphatic carbocycles. The van der Waals surface area contributed by atoms with Crippen molar-refractivity contribution in [3.8, 4) is 22.6 Å². The Kier molecular flexibility index (Phi) is 6.57. The van der Waals surface area contributed by atoms with E-state index in [1.54, 1.807) is 44.6 Å². The number of amides is 1. The fourth-order valence-electron chi connectivity index (χ4n) is 3.35. The lowest BCUT2D eigenvalue weighted by Gasteiger charge is -2.21. The lowest BCUT2D eigenvalue weighted by atomic mass is 9.89. The van der Waals surface area contributed by atoms with E-state index in [1.165, 1.54) is 7.11 Å². The molecular formula is C24H25NO5. The Hall–Kier alpha value is -3.54. The van der Waals surface area contributed by atoms with Crippen molar-refractivity contribution in [3.05, 3.63) is 72.0 Å². The van der Waals surface area contributed by atoms with Crippen molar-refractivity contribution in [1.82, 2.24) is 5.32 Å². The standard InChI is InChI=1S/C24H25NO5/c1-15-8-9-18(13-21(15)24(27)30-4)25-23(26)17-7-5-6-16(12-17)20-11-10-19(28-2)14-22(20)29-3/h5-15,21H,1-4H3,(H,25,26). The van der Waals surface area contributed by atoms with Gasteiger partial charge in [-0.25, -0.2) is 0 Å². The van der Waals surface area contributed by atoms with Crippen molar-refractivity contribution >= 4 is 11.9 Å². The molecule has 30 heavy (non-hydrogen) atoms. The highest BCUT2D eigenvalue weighted by atomic mass is 16.5. The molecule has 0 bridgehead atoms. The SMILES string of the molecule is COC(=O)C1C=C(NC(=O)c2cccc(-c3ccc(OC)cc3OC)c2)C=CC1C. The molecule has 6 heteroatoms. The van der Waals surface area contributed by atoms with Gasteiger partial charge in [0.1, 0.15) is 11.5 Å². The van der Waals surface area contributed by atoms with Gasteiger partial charge in [0.2, 0.25) is 0 Å². The zero-order chi connectivity index (χ0) is 21.7. The zero-order valence-corrected chi connectivity index (χ0v) is 17.5. The predicted octanol–water partition coefficient (Wildman–Crippen LogP) is 3.98. The Morgan fingerprint density at radius 1 is 1.00 bits per heavy atom. The summed E-state index contributed by atoms with van der Waals surface area (Å²) in [5, 5.41) is 2.87. The molecule has 6 nitrogen and oxygen atoms in total. The van der Waals surface area contributed by atoms with E-state index < -0.39 is 5.92 Å². The number of hydrogen-bond acceptors (Lipinski definition) is 5. The molecule has 2 aromatic rings. The van der Waals surface area contributed by atoms with Gasteiger partial charge in [-0.3, -0.25) is 9.59 Å². The molecule has 156 valence electrons. The summed E-state index contributed by atoms with van der Waals surface area (Å²) in [6, 6.07) is 12.8.